The lowest BCUT2D eigenvalue weighted by atomic mass is 10.2. The summed E-state index contributed by atoms with van der Waals surface area (Å²) in [6, 6.07) is 19.5. The van der Waals surface area contributed by atoms with Gasteiger partial charge in [0.25, 0.3) is 5.91 Å². The van der Waals surface area contributed by atoms with Crippen molar-refractivity contribution in [2.24, 2.45) is 0 Å². The van der Waals surface area contributed by atoms with Crippen LogP contribution in [0.4, 0.5) is 23.0 Å². The molecule has 8 heteroatoms. The molecular formula is C25H28N6O2. The minimum absolute atomic E-state index is 0.205. The van der Waals surface area contributed by atoms with Gasteiger partial charge in [-0.3, -0.25) is 4.79 Å². The molecule has 0 saturated carbocycles. The van der Waals surface area contributed by atoms with Crippen LogP contribution in [-0.4, -0.2) is 68.4 Å². The second kappa shape index (κ2) is 9.87. The number of morpholine rings is 1. The summed E-state index contributed by atoms with van der Waals surface area (Å²) in [5.41, 5.74) is 2.31. The zero-order chi connectivity index (χ0) is 22.5. The van der Waals surface area contributed by atoms with E-state index in [1.54, 1.807) is 6.07 Å². The molecule has 0 spiro atoms. The maximum Gasteiger partial charge on any atom is 0.274 e. The highest BCUT2D eigenvalue weighted by atomic mass is 16.5. The van der Waals surface area contributed by atoms with Gasteiger partial charge in [-0.1, -0.05) is 12.1 Å². The first-order valence-corrected chi connectivity index (χ1v) is 11.4. The van der Waals surface area contributed by atoms with Gasteiger partial charge in [-0.2, -0.15) is 0 Å². The van der Waals surface area contributed by atoms with Gasteiger partial charge in [0.2, 0.25) is 0 Å². The Labute approximate surface area is 193 Å². The smallest absolute Gasteiger partial charge is 0.274 e. The summed E-state index contributed by atoms with van der Waals surface area (Å²) in [7, 11) is 0. The van der Waals surface area contributed by atoms with Crippen LogP contribution in [0.15, 0.2) is 66.9 Å². The molecule has 3 aromatic rings. The number of amides is 1. The first-order chi connectivity index (χ1) is 16.3. The third-order valence-corrected chi connectivity index (χ3v) is 6.05. The average molecular weight is 445 g/mol. The van der Waals surface area contributed by atoms with Crippen molar-refractivity contribution in [3.8, 4) is 0 Å². The van der Waals surface area contributed by atoms with Gasteiger partial charge in [-0.05, 0) is 48.5 Å². The van der Waals surface area contributed by atoms with Crippen LogP contribution in [0.2, 0.25) is 0 Å². The van der Waals surface area contributed by atoms with Crippen LogP contribution in [0.3, 0.4) is 0 Å². The molecule has 33 heavy (non-hydrogen) atoms. The molecule has 0 bridgehead atoms. The monoisotopic (exact) mass is 444 g/mol. The predicted molar refractivity (Wildman–Crippen MR) is 130 cm³/mol. The van der Waals surface area contributed by atoms with Crippen molar-refractivity contribution in [2.75, 3.05) is 72.5 Å². The lowest BCUT2D eigenvalue weighted by Gasteiger charge is -2.36. The van der Waals surface area contributed by atoms with Gasteiger partial charge in [0, 0.05) is 56.8 Å². The minimum atomic E-state index is -0.205. The number of anilines is 4. The Balaban J connectivity index is 1.20. The van der Waals surface area contributed by atoms with Gasteiger partial charge in [-0.15, -0.1) is 0 Å². The largest absolute Gasteiger partial charge is 0.378 e. The van der Waals surface area contributed by atoms with Crippen molar-refractivity contribution in [3.63, 3.8) is 0 Å². The van der Waals surface area contributed by atoms with Crippen LogP contribution in [0.5, 0.6) is 0 Å². The molecule has 4 heterocycles. The number of hydrogen-bond acceptors (Lipinski definition) is 7. The Hall–Kier alpha value is -3.65. The molecule has 2 aromatic heterocycles. The molecule has 0 aliphatic carbocycles. The van der Waals surface area contributed by atoms with E-state index in [2.05, 4.69) is 30.0 Å². The molecule has 5 rings (SSSR count). The fourth-order valence-corrected chi connectivity index (χ4v) is 4.20. The Kier molecular flexibility index (Phi) is 6.34. The molecule has 0 unspecified atom stereocenters. The van der Waals surface area contributed by atoms with E-state index in [1.807, 2.05) is 60.8 Å². The van der Waals surface area contributed by atoms with E-state index in [9.17, 15) is 4.79 Å². The standard InChI is InChI=1S/C25H28N6O2/c32-25(27-20-7-9-21(10-8-20)29-16-18-33-19-17-29)22-4-3-6-24(28-22)31-14-12-30(13-15-31)23-5-1-2-11-26-23/h1-11H,12-19H2,(H,27,32). The van der Waals surface area contributed by atoms with Crippen LogP contribution in [0.25, 0.3) is 0 Å². The molecule has 0 radical (unpaired) electrons. The van der Waals surface area contributed by atoms with Gasteiger partial charge in [0.05, 0.1) is 13.2 Å². The van der Waals surface area contributed by atoms with Gasteiger partial charge in [0.15, 0.2) is 0 Å². The highest BCUT2D eigenvalue weighted by Crippen LogP contribution is 2.21. The SMILES string of the molecule is O=C(Nc1ccc(N2CCOCC2)cc1)c1cccc(N2CCN(c3ccccn3)CC2)n1. The molecule has 170 valence electrons. The van der Waals surface area contributed by atoms with Crippen LogP contribution in [0.1, 0.15) is 10.5 Å². The quantitative estimate of drug-likeness (QED) is 0.649. The third-order valence-electron chi connectivity index (χ3n) is 6.05. The summed E-state index contributed by atoms with van der Waals surface area (Å²) in [5.74, 6) is 1.62. The van der Waals surface area contributed by atoms with Crippen molar-refractivity contribution >= 4 is 28.9 Å². The molecule has 0 atom stereocenters. The molecule has 1 N–H and O–H groups in total. The second-order valence-corrected chi connectivity index (χ2v) is 8.14. The fourth-order valence-electron chi connectivity index (χ4n) is 4.20. The Morgan fingerprint density at radius 2 is 1.45 bits per heavy atom. The van der Waals surface area contributed by atoms with E-state index in [-0.39, 0.29) is 5.91 Å². The maximum atomic E-state index is 12.8. The number of hydrogen-bond donors (Lipinski definition) is 1. The highest BCUT2D eigenvalue weighted by molar-refractivity contribution is 6.03. The molecule has 2 saturated heterocycles. The highest BCUT2D eigenvalue weighted by Gasteiger charge is 2.20. The van der Waals surface area contributed by atoms with Crippen LogP contribution >= 0.6 is 0 Å². The summed E-state index contributed by atoms with van der Waals surface area (Å²) in [5, 5.41) is 2.97. The number of benzene rings is 1. The van der Waals surface area contributed by atoms with E-state index in [1.165, 1.54) is 0 Å². The number of piperazine rings is 1. The van der Waals surface area contributed by atoms with Crippen molar-refractivity contribution in [2.45, 2.75) is 0 Å². The molecule has 1 amide bonds. The number of nitrogens with one attached hydrogen (secondary N) is 1. The number of nitrogens with zero attached hydrogens (tertiary/aromatic N) is 5. The second-order valence-electron chi connectivity index (χ2n) is 8.14. The minimum Gasteiger partial charge on any atom is -0.378 e. The van der Waals surface area contributed by atoms with E-state index >= 15 is 0 Å². The summed E-state index contributed by atoms with van der Waals surface area (Å²) in [6.07, 6.45) is 1.82. The Morgan fingerprint density at radius 3 is 2.15 bits per heavy atom. The molecule has 2 aliphatic heterocycles. The topological polar surface area (TPSA) is 73.8 Å². The van der Waals surface area contributed by atoms with Gasteiger partial charge in [-0.25, -0.2) is 9.97 Å². The first kappa shape index (κ1) is 21.2. The van der Waals surface area contributed by atoms with Crippen LogP contribution < -0.4 is 20.0 Å². The normalized spacial score (nSPS) is 16.5. The number of rotatable bonds is 5. The van der Waals surface area contributed by atoms with E-state index in [0.29, 0.717) is 5.69 Å². The average Bonchev–Trinajstić information content (AvgIpc) is 2.90. The van der Waals surface area contributed by atoms with Gasteiger partial charge < -0.3 is 24.8 Å². The summed E-state index contributed by atoms with van der Waals surface area (Å²) < 4.78 is 5.41. The number of pyridine rings is 2. The number of carbonyl (C=O) groups is 1. The number of aromatic nitrogens is 2. The van der Waals surface area contributed by atoms with Crippen molar-refractivity contribution in [3.05, 3.63) is 72.6 Å². The summed E-state index contributed by atoms with van der Waals surface area (Å²) in [4.78, 5) is 28.7. The first-order valence-electron chi connectivity index (χ1n) is 11.4. The van der Waals surface area contributed by atoms with Gasteiger partial charge in [0.1, 0.15) is 17.3 Å². The Morgan fingerprint density at radius 1 is 0.758 bits per heavy atom. The lowest BCUT2D eigenvalue weighted by Crippen LogP contribution is -2.47. The fraction of sp³-hybridized carbons (Fsp3) is 0.320. The number of carbonyl (C=O) groups excluding carboxylic acids is 1. The van der Waals surface area contributed by atoms with Crippen LogP contribution in [0, 0.1) is 0 Å². The molecule has 2 aliphatic rings. The Bertz CT molecular complexity index is 1060. The van der Waals surface area contributed by atoms with Crippen molar-refractivity contribution < 1.29 is 9.53 Å². The molecule has 2 fully saturated rings. The van der Waals surface area contributed by atoms with Crippen LogP contribution in [-0.2, 0) is 4.74 Å². The van der Waals surface area contributed by atoms with Gasteiger partial charge >= 0.3 is 0 Å². The molecular weight excluding hydrogens is 416 g/mol. The zero-order valence-corrected chi connectivity index (χ0v) is 18.6. The predicted octanol–water partition coefficient (Wildman–Crippen LogP) is 2.89. The summed E-state index contributed by atoms with van der Waals surface area (Å²) in [6.45, 7) is 6.67. The zero-order valence-electron chi connectivity index (χ0n) is 18.6. The maximum absolute atomic E-state index is 12.8. The van der Waals surface area contributed by atoms with Crippen molar-refractivity contribution in [1.29, 1.82) is 0 Å². The third kappa shape index (κ3) is 5.06. The summed E-state index contributed by atoms with van der Waals surface area (Å²) >= 11 is 0. The molecule has 8 nitrogen and oxygen atoms in total. The van der Waals surface area contributed by atoms with E-state index in [4.69, 9.17) is 4.74 Å². The van der Waals surface area contributed by atoms with E-state index in [0.717, 1.165) is 75.5 Å². The lowest BCUT2D eigenvalue weighted by molar-refractivity contribution is 0.102. The van der Waals surface area contributed by atoms with E-state index < -0.39 is 0 Å². The molecule has 1 aromatic carbocycles. The van der Waals surface area contributed by atoms with Crippen molar-refractivity contribution in [1.82, 2.24) is 9.97 Å². The number of ether oxygens (including phenoxy) is 1.